The highest BCUT2D eigenvalue weighted by Crippen LogP contribution is 2.49. The van der Waals surface area contributed by atoms with Crippen molar-refractivity contribution >= 4 is 18.1 Å². The third kappa shape index (κ3) is 1.81. The molecular formula is C23H25BN3+. The van der Waals surface area contributed by atoms with Crippen LogP contribution in [-0.4, -0.2) is 18.1 Å². The van der Waals surface area contributed by atoms with Gasteiger partial charge in [0.1, 0.15) is 18.9 Å². The number of aryl methyl sites for hydroxylation is 2. The normalized spacial score (nSPS) is 18.1. The molecule has 6 rings (SSSR count). The minimum atomic E-state index is 0.231. The Morgan fingerprint density at radius 3 is 2.63 bits per heavy atom. The zero-order valence-electron chi connectivity index (χ0n) is 16.6. The first-order chi connectivity index (χ1) is 13.0. The predicted octanol–water partition coefficient (Wildman–Crippen LogP) is 3.17. The Hall–Kier alpha value is -2.49. The summed E-state index contributed by atoms with van der Waals surface area (Å²) in [5, 5.41) is 0. The van der Waals surface area contributed by atoms with Crippen molar-refractivity contribution in [2.24, 2.45) is 0 Å². The number of benzene rings is 2. The van der Waals surface area contributed by atoms with Crippen molar-refractivity contribution in [2.45, 2.75) is 46.1 Å². The summed E-state index contributed by atoms with van der Waals surface area (Å²) in [6, 6.07) is 11.5. The van der Waals surface area contributed by atoms with Gasteiger partial charge in [-0.3, -0.25) is 4.48 Å². The number of aromatic nitrogens is 2. The molecule has 0 saturated carbocycles. The molecule has 0 bridgehead atoms. The van der Waals surface area contributed by atoms with Crippen LogP contribution >= 0.6 is 0 Å². The van der Waals surface area contributed by atoms with Gasteiger partial charge in [-0.15, -0.1) is 0 Å². The maximum atomic E-state index is 2.69. The Labute approximate surface area is 161 Å². The Morgan fingerprint density at radius 2 is 1.85 bits per heavy atom. The van der Waals surface area contributed by atoms with E-state index >= 15 is 0 Å². The SMILES string of the molecule is Cc1cccc(C)c1B1N2CCC(C)(C)c3ccc4c(c32)-c2n(cc[n+]21)C4. The van der Waals surface area contributed by atoms with E-state index in [0.717, 1.165) is 13.1 Å². The third-order valence-electron chi connectivity index (χ3n) is 7.11. The molecule has 4 heteroatoms. The van der Waals surface area contributed by atoms with Gasteiger partial charge < -0.3 is 4.81 Å². The van der Waals surface area contributed by atoms with Gasteiger partial charge in [0.15, 0.2) is 0 Å². The number of hydrogen-bond acceptors (Lipinski definition) is 1. The van der Waals surface area contributed by atoms with Gasteiger partial charge >= 0.3 is 6.98 Å². The van der Waals surface area contributed by atoms with Gasteiger partial charge in [0.2, 0.25) is 0 Å². The quantitative estimate of drug-likeness (QED) is 0.478. The maximum Gasteiger partial charge on any atom is 0.537 e. The van der Waals surface area contributed by atoms with Gasteiger partial charge in [0.25, 0.3) is 5.82 Å². The zero-order valence-corrected chi connectivity index (χ0v) is 16.6. The first-order valence-electron chi connectivity index (χ1n) is 10.1. The topological polar surface area (TPSA) is 12.1 Å². The summed E-state index contributed by atoms with van der Waals surface area (Å²) in [7, 11) is 0. The number of anilines is 1. The van der Waals surface area contributed by atoms with Crippen LogP contribution in [0.15, 0.2) is 42.7 Å². The molecule has 0 N–H and O–H groups in total. The fraction of sp³-hybridized carbons (Fsp3) is 0.348. The zero-order chi connectivity index (χ0) is 18.5. The number of rotatable bonds is 1. The molecule has 134 valence electrons. The van der Waals surface area contributed by atoms with Crippen LogP contribution in [0.1, 0.15) is 42.5 Å². The van der Waals surface area contributed by atoms with Gasteiger partial charge in [-0.05, 0) is 42.4 Å². The molecule has 0 saturated heterocycles. The van der Waals surface area contributed by atoms with Crippen LogP contribution in [0.25, 0.3) is 11.4 Å². The van der Waals surface area contributed by atoms with E-state index in [1.165, 1.54) is 51.2 Å². The summed E-state index contributed by atoms with van der Waals surface area (Å²) in [4.78, 5) is 2.69. The van der Waals surface area contributed by atoms with Crippen LogP contribution in [0.4, 0.5) is 5.69 Å². The van der Waals surface area contributed by atoms with E-state index in [0.29, 0.717) is 0 Å². The third-order valence-corrected chi connectivity index (χ3v) is 7.11. The number of imidazole rings is 1. The molecule has 4 heterocycles. The summed E-state index contributed by atoms with van der Waals surface area (Å²) < 4.78 is 4.96. The fourth-order valence-corrected chi connectivity index (χ4v) is 5.65. The lowest BCUT2D eigenvalue weighted by Gasteiger charge is -2.44. The van der Waals surface area contributed by atoms with Gasteiger partial charge in [-0.25, -0.2) is 4.57 Å². The van der Waals surface area contributed by atoms with Crippen LogP contribution in [0, 0.1) is 13.8 Å². The smallest absolute Gasteiger partial charge is 0.369 e. The molecule has 3 aromatic rings. The van der Waals surface area contributed by atoms with E-state index in [9.17, 15) is 0 Å². The number of hydrogen-bond donors (Lipinski definition) is 0. The van der Waals surface area contributed by atoms with Crippen LogP contribution < -0.4 is 14.8 Å². The summed E-state index contributed by atoms with van der Waals surface area (Å²) >= 11 is 0. The molecular weight excluding hydrogens is 329 g/mol. The molecule has 0 unspecified atom stereocenters. The second-order valence-electron chi connectivity index (χ2n) is 9.16. The van der Waals surface area contributed by atoms with Crippen molar-refractivity contribution in [2.75, 3.05) is 11.4 Å². The van der Waals surface area contributed by atoms with Crippen molar-refractivity contribution < 1.29 is 4.48 Å². The van der Waals surface area contributed by atoms with E-state index in [1.54, 1.807) is 0 Å². The van der Waals surface area contributed by atoms with Crippen molar-refractivity contribution in [1.29, 1.82) is 0 Å². The monoisotopic (exact) mass is 354 g/mol. The van der Waals surface area contributed by atoms with Crippen molar-refractivity contribution in [3.63, 3.8) is 0 Å². The van der Waals surface area contributed by atoms with Crippen LogP contribution in [0.2, 0.25) is 0 Å². The van der Waals surface area contributed by atoms with Crippen molar-refractivity contribution in [3.05, 3.63) is 65.0 Å². The molecule has 27 heavy (non-hydrogen) atoms. The summed E-state index contributed by atoms with van der Waals surface area (Å²) in [5.74, 6) is 1.39. The number of nitrogens with zero attached hydrogens (tertiary/aromatic N) is 3. The summed E-state index contributed by atoms with van der Waals surface area (Å²) in [5.41, 5.74) is 10.4. The summed E-state index contributed by atoms with van der Waals surface area (Å²) in [6.07, 6.45) is 5.76. The Balaban J connectivity index is 1.72. The van der Waals surface area contributed by atoms with Crippen LogP contribution in [0.3, 0.4) is 0 Å². The second-order valence-corrected chi connectivity index (χ2v) is 9.16. The van der Waals surface area contributed by atoms with E-state index < -0.39 is 0 Å². The highest BCUT2D eigenvalue weighted by molar-refractivity contribution is 6.71. The summed E-state index contributed by atoms with van der Waals surface area (Å²) in [6.45, 7) is 11.7. The van der Waals surface area contributed by atoms with Crippen LogP contribution in [-0.2, 0) is 12.0 Å². The van der Waals surface area contributed by atoms with Crippen molar-refractivity contribution in [1.82, 2.24) is 4.57 Å². The van der Waals surface area contributed by atoms with E-state index in [1.807, 2.05) is 0 Å². The molecule has 0 spiro atoms. The molecule has 0 radical (unpaired) electrons. The van der Waals surface area contributed by atoms with Gasteiger partial charge in [-0.1, -0.05) is 44.2 Å². The molecule has 1 aromatic heterocycles. The molecule has 0 aliphatic carbocycles. The first-order valence-corrected chi connectivity index (χ1v) is 10.1. The Bertz CT molecular complexity index is 1100. The maximum absolute atomic E-state index is 2.69. The Morgan fingerprint density at radius 1 is 1.07 bits per heavy atom. The molecule has 0 amide bonds. The highest BCUT2D eigenvalue weighted by Gasteiger charge is 2.52. The molecule has 3 aliphatic heterocycles. The largest absolute Gasteiger partial charge is 0.537 e. The molecule has 3 aliphatic rings. The van der Waals surface area contributed by atoms with Gasteiger partial charge in [0, 0.05) is 23.3 Å². The lowest BCUT2D eigenvalue weighted by atomic mass is 9.58. The second kappa shape index (κ2) is 4.86. The average Bonchev–Trinajstić information content (AvgIpc) is 3.19. The van der Waals surface area contributed by atoms with E-state index in [2.05, 4.69) is 84.3 Å². The first kappa shape index (κ1) is 15.6. The minimum absolute atomic E-state index is 0.231. The minimum Gasteiger partial charge on any atom is -0.369 e. The van der Waals surface area contributed by atoms with Gasteiger partial charge in [0.05, 0.1) is 5.56 Å². The van der Waals surface area contributed by atoms with Gasteiger partial charge in [-0.2, -0.15) is 0 Å². The van der Waals surface area contributed by atoms with E-state index in [4.69, 9.17) is 0 Å². The molecule has 3 nitrogen and oxygen atoms in total. The standard InChI is InChI=1S/C23H25BN3/c1-15-6-5-7-16(2)20(15)24-26-11-10-23(3,4)18-9-8-17-14-25-12-13-27(24)22(25)19(17)21(18)26/h5-9,12-13H,10-11,14H2,1-4H3/q+1. The highest BCUT2D eigenvalue weighted by atomic mass is 15.3. The average molecular weight is 354 g/mol. The fourth-order valence-electron chi connectivity index (χ4n) is 5.65. The Kier molecular flexibility index (Phi) is 2.80. The molecule has 0 atom stereocenters. The van der Waals surface area contributed by atoms with Crippen molar-refractivity contribution in [3.8, 4) is 11.4 Å². The molecule has 2 aromatic carbocycles. The molecule has 0 fully saturated rings. The predicted molar refractivity (Wildman–Crippen MR) is 111 cm³/mol. The lowest BCUT2D eigenvalue weighted by Crippen LogP contribution is -2.72. The lowest BCUT2D eigenvalue weighted by molar-refractivity contribution is -0.523. The van der Waals surface area contributed by atoms with Crippen LogP contribution in [0.5, 0.6) is 0 Å². The van der Waals surface area contributed by atoms with E-state index in [-0.39, 0.29) is 12.4 Å².